The largest absolute Gasteiger partial charge is 0.368 e. The van der Waals surface area contributed by atoms with Crippen LogP contribution in [0.4, 0.5) is 11.8 Å². The molecule has 4 aromatic rings. The Morgan fingerprint density at radius 2 is 1.83 bits per heavy atom. The minimum atomic E-state index is 0.378. The van der Waals surface area contributed by atoms with Crippen molar-refractivity contribution in [1.29, 1.82) is 0 Å². The van der Waals surface area contributed by atoms with Crippen molar-refractivity contribution in [3.8, 4) is 16.9 Å². The van der Waals surface area contributed by atoms with Crippen LogP contribution in [0.1, 0.15) is 0 Å². The van der Waals surface area contributed by atoms with E-state index >= 15 is 0 Å². The summed E-state index contributed by atoms with van der Waals surface area (Å²) in [5, 5.41) is 7.76. The minimum absolute atomic E-state index is 0.378. The molecule has 0 spiro atoms. The third kappa shape index (κ3) is 4.79. The fourth-order valence-electron chi connectivity index (χ4n) is 2.73. The number of anilines is 2. The summed E-state index contributed by atoms with van der Waals surface area (Å²) in [6.07, 6.45) is 8.29. The predicted molar refractivity (Wildman–Crippen MR) is 119 cm³/mol. The molecule has 152 valence electrons. The zero-order valence-electron chi connectivity index (χ0n) is 15.4. The second-order valence-corrected chi connectivity index (χ2v) is 7.33. The summed E-state index contributed by atoms with van der Waals surface area (Å²) in [6.45, 7) is 1.14. The lowest BCUT2D eigenvalue weighted by Crippen LogP contribution is -2.16. The van der Waals surface area contributed by atoms with E-state index in [-0.39, 0.29) is 0 Å². The maximum absolute atomic E-state index is 6.43. The summed E-state index contributed by atoms with van der Waals surface area (Å²) in [5.41, 5.74) is 2.14. The molecule has 11 heteroatoms. The van der Waals surface area contributed by atoms with Crippen LogP contribution in [0.15, 0.2) is 55.5 Å². The monoisotopic (exact) mass is 460 g/mol. The summed E-state index contributed by atoms with van der Waals surface area (Å²) in [6, 6.07) is 6.94. The molecule has 0 atom stereocenters. The molecule has 0 radical (unpaired) electrons. The van der Waals surface area contributed by atoms with Crippen LogP contribution in [0, 0.1) is 0 Å². The van der Waals surface area contributed by atoms with Gasteiger partial charge in [0.25, 0.3) is 0 Å². The van der Waals surface area contributed by atoms with Crippen LogP contribution in [-0.2, 0) is 0 Å². The van der Waals surface area contributed by atoms with Gasteiger partial charge in [0.1, 0.15) is 23.0 Å². The Morgan fingerprint density at radius 1 is 0.967 bits per heavy atom. The minimum Gasteiger partial charge on any atom is -0.368 e. The van der Waals surface area contributed by atoms with E-state index in [1.165, 1.54) is 6.33 Å². The van der Waals surface area contributed by atoms with Crippen LogP contribution in [0.3, 0.4) is 0 Å². The molecule has 0 aliphatic rings. The van der Waals surface area contributed by atoms with E-state index in [1.54, 1.807) is 36.9 Å². The smallest absolute Gasteiger partial charge is 0.223 e. The fraction of sp³-hybridized carbons (Fsp3) is 0.105. The van der Waals surface area contributed by atoms with Gasteiger partial charge in [0.2, 0.25) is 5.95 Å². The third-order valence-corrected chi connectivity index (χ3v) is 4.84. The number of hydrogen-bond acceptors (Lipinski definition) is 7. The number of aromatic nitrogens is 6. The van der Waals surface area contributed by atoms with Crippen molar-refractivity contribution in [2.45, 2.75) is 0 Å². The highest BCUT2D eigenvalue weighted by atomic mass is 35.5. The first-order valence-corrected chi connectivity index (χ1v) is 9.99. The maximum Gasteiger partial charge on any atom is 0.223 e. The second-order valence-electron chi connectivity index (χ2n) is 6.10. The van der Waals surface area contributed by atoms with E-state index in [4.69, 9.17) is 34.8 Å². The van der Waals surface area contributed by atoms with Gasteiger partial charge in [0.05, 0.1) is 23.2 Å². The van der Waals surface area contributed by atoms with Crippen molar-refractivity contribution in [2.75, 3.05) is 23.7 Å². The zero-order chi connectivity index (χ0) is 20.9. The van der Waals surface area contributed by atoms with Crippen molar-refractivity contribution in [3.05, 3.63) is 70.7 Å². The molecule has 2 N–H and O–H groups in total. The molecular formula is C19H15Cl3N8. The topological polar surface area (TPSA) is 93.4 Å². The van der Waals surface area contributed by atoms with E-state index in [2.05, 4.69) is 35.6 Å². The van der Waals surface area contributed by atoms with E-state index in [0.29, 0.717) is 45.7 Å². The number of nitrogens with zero attached hydrogens (tertiary/aromatic N) is 6. The Bertz CT molecular complexity index is 1150. The summed E-state index contributed by atoms with van der Waals surface area (Å²) < 4.78 is 1.82. The lowest BCUT2D eigenvalue weighted by molar-refractivity contribution is 0.983. The molecule has 0 bridgehead atoms. The van der Waals surface area contributed by atoms with Crippen LogP contribution in [0.2, 0.25) is 15.2 Å². The lowest BCUT2D eigenvalue weighted by Gasteiger charge is -2.13. The van der Waals surface area contributed by atoms with Gasteiger partial charge in [0.15, 0.2) is 0 Å². The highest BCUT2D eigenvalue weighted by Gasteiger charge is 2.14. The van der Waals surface area contributed by atoms with Gasteiger partial charge < -0.3 is 15.2 Å². The number of nitrogens with one attached hydrogen (secondary N) is 2. The standard InChI is InChI=1S/C19H15Cl3N8/c20-12-1-2-13(14(21)7-12)18-15(30-6-5-23-11-30)9-26-19(29-18)25-4-3-24-17-8-16(22)27-10-28-17/h1-2,5-11H,3-4H2,(H,24,27,28)(H,25,26,29). The molecule has 3 heterocycles. The Morgan fingerprint density at radius 3 is 2.60 bits per heavy atom. The molecule has 8 nitrogen and oxygen atoms in total. The van der Waals surface area contributed by atoms with Gasteiger partial charge in [-0.25, -0.2) is 24.9 Å². The van der Waals surface area contributed by atoms with Gasteiger partial charge >= 0.3 is 0 Å². The number of rotatable bonds is 7. The molecule has 0 aliphatic heterocycles. The van der Waals surface area contributed by atoms with Gasteiger partial charge in [-0.15, -0.1) is 0 Å². The van der Waals surface area contributed by atoms with E-state index in [1.807, 2.05) is 16.8 Å². The predicted octanol–water partition coefficient (Wildman–Crippen LogP) is 4.60. The molecule has 0 aliphatic carbocycles. The summed E-state index contributed by atoms with van der Waals surface area (Å²) >= 11 is 18.3. The molecular weight excluding hydrogens is 447 g/mol. The highest BCUT2D eigenvalue weighted by Crippen LogP contribution is 2.33. The normalized spacial score (nSPS) is 10.8. The van der Waals surface area contributed by atoms with Crippen molar-refractivity contribution in [2.24, 2.45) is 0 Å². The van der Waals surface area contributed by atoms with Crippen LogP contribution in [0.5, 0.6) is 0 Å². The summed E-state index contributed by atoms with van der Waals surface area (Å²) in [5.74, 6) is 1.10. The molecule has 1 aromatic carbocycles. The van der Waals surface area contributed by atoms with E-state index in [9.17, 15) is 0 Å². The number of hydrogen-bond donors (Lipinski definition) is 2. The highest BCUT2D eigenvalue weighted by molar-refractivity contribution is 6.36. The molecule has 0 fully saturated rings. The van der Waals surface area contributed by atoms with Crippen LogP contribution in [0.25, 0.3) is 16.9 Å². The second kappa shape index (κ2) is 9.25. The van der Waals surface area contributed by atoms with Crippen LogP contribution < -0.4 is 10.6 Å². The summed E-state index contributed by atoms with van der Waals surface area (Å²) in [7, 11) is 0. The quantitative estimate of drug-likeness (QED) is 0.307. The molecule has 0 saturated heterocycles. The van der Waals surface area contributed by atoms with E-state index < -0.39 is 0 Å². The van der Waals surface area contributed by atoms with Gasteiger partial charge in [-0.2, -0.15) is 0 Å². The number of halogens is 3. The average Bonchev–Trinajstić information content (AvgIpc) is 3.26. The molecule has 3 aromatic heterocycles. The van der Waals surface area contributed by atoms with Gasteiger partial charge in [-0.05, 0) is 18.2 Å². The van der Waals surface area contributed by atoms with Gasteiger partial charge in [0, 0.05) is 42.1 Å². The lowest BCUT2D eigenvalue weighted by atomic mass is 10.1. The van der Waals surface area contributed by atoms with Gasteiger partial charge in [-0.1, -0.05) is 34.8 Å². The molecule has 0 unspecified atom stereocenters. The Balaban J connectivity index is 1.54. The van der Waals surface area contributed by atoms with Gasteiger partial charge in [-0.3, -0.25) is 0 Å². The molecule has 30 heavy (non-hydrogen) atoms. The van der Waals surface area contributed by atoms with Crippen molar-refractivity contribution in [1.82, 2.24) is 29.5 Å². The van der Waals surface area contributed by atoms with Crippen LogP contribution >= 0.6 is 34.8 Å². The average molecular weight is 462 g/mol. The van der Waals surface area contributed by atoms with Crippen molar-refractivity contribution < 1.29 is 0 Å². The first kappa shape index (κ1) is 20.3. The number of imidazole rings is 1. The third-order valence-electron chi connectivity index (χ3n) is 4.09. The molecule has 0 saturated carbocycles. The zero-order valence-corrected chi connectivity index (χ0v) is 17.7. The van der Waals surface area contributed by atoms with E-state index in [0.717, 1.165) is 11.3 Å². The summed E-state index contributed by atoms with van der Waals surface area (Å²) in [4.78, 5) is 21.1. The fourth-order valence-corrected chi connectivity index (χ4v) is 3.37. The first-order valence-electron chi connectivity index (χ1n) is 8.86. The molecule has 0 amide bonds. The number of benzene rings is 1. The van der Waals surface area contributed by atoms with Crippen molar-refractivity contribution >= 4 is 46.6 Å². The first-order chi connectivity index (χ1) is 14.6. The Hall–Kier alpha value is -2.94. The maximum atomic E-state index is 6.43. The molecule has 4 rings (SSSR count). The Labute approximate surface area is 187 Å². The SMILES string of the molecule is Clc1ccc(-c2nc(NCCNc3cc(Cl)ncn3)ncc2-n2ccnc2)c(Cl)c1. The van der Waals surface area contributed by atoms with Crippen molar-refractivity contribution in [3.63, 3.8) is 0 Å². The Kier molecular flexibility index (Phi) is 6.27. The van der Waals surface area contributed by atoms with Crippen LogP contribution in [-0.4, -0.2) is 42.6 Å².